The molecule has 3 heterocycles. The van der Waals surface area contributed by atoms with Crippen molar-refractivity contribution in [2.45, 2.75) is 25.4 Å². The lowest BCUT2D eigenvalue weighted by Crippen LogP contribution is -2.42. The smallest absolute Gasteiger partial charge is 0.272 e. The van der Waals surface area contributed by atoms with Gasteiger partial charge in [0.1, 0.15) is 17.0 Å². The minimum absolute atomic E-state index is 0.0128. The highest BCUT2D eigenvalue weighted by atomic mass is 19.1. The summed E-state index contributed by atoms with van der Waals surface area (Å²) < 4.78 is 14.1. The summed E-state index contributed by atoms with van der Waals surface area (Å²) in [5.41, 5.74) is 1.06. The van der Waals surface area contributed by atoms with Crippen LogP contribution in [0.5, 0.6) is 0 Å². The molecule has 0 aliphatic carbocycles. The van der Waals surface area contributed by atoms with Gasteiger partial charge in [-0.25, -0.2) is 9.37 Å². The van der Waals surface area contributed by atoms with Gasteiger partial charge in [0.2, 0.25) is 5.91 Å². The Balaban J connectivity index is 1.63. The molecule has 7 heteroatoms. The molecule has 0 saturated carbocycles. The number of halogens is 1. The van der Waals surface area contributed by atoms with Crippen molar-refractivity contribution in [3.63, 3.8) is 0 Å². The van der Waals surface area contributed by atoms with E-state index in [0.717, 1.165) is 5.69 Å². The van der Waals surface area contributed by atoms with Crippen LogP contribution in [0.1, 0.15) is 29.0 Å². The highest BCUT2D eigenvalue weighted by Gasteiger charge is 2.27. The molecule has 1 atom stereocenters. The molecule has 2 aromatic heterocycles. The summed E-state index contributed by atoms with van der Waals surface area (Å²) in [6.45, 7) is 0.626. The first-order valence-electron chi connectivity index (χ1n) is 9.14. The Kier molecular flexibility index (Phi) is 4.97. The van der Waals surface area contributed by atoms with Crippen LogP contribution in [-0.2, 0) is 11.3 Å². The second-order valence-corrected chi connectivity index (χ2v) is 6.82. The Bertz CT molecular complexity index is 1030. The first-order chi connectivity index (χ1) is 13.6. The van der Waals surface area contributed by atoms with E-state index in [-0.39, 0.29) is 35.6 Å². The van der Waals surface area contributed by atoms with E-state index in [1.54, 1.807) is 41.4 Å². The van der Waals surface area contributed by atoms with Gasteiger partial charge < -0.3 is 10.2 Å². The lowest BCUT2D eigenvalue weighted by molar-refractivity contribution is -0.119. The van der Waals surface area contributed by atoms with Crippen molar-refractivity contribution < 1.29 is 14.0 Å². The van der Waals surface area contributed by atoms with Crippen molar-refractivity contribution >= 4 is 22.7 Å². The van der Waals surface area contributed by atoms with Crippen LogP contribution in [0.4, 0.5) is 4.39 Å². The first-order valence-corrected chi connectivity index (χ1v) is 9.14. The third-order valence-electron chi connectivity index (χ3n) is 4.78. The summed E-state index contributed by atoms with van der Waals surface area (Å²) in [6, 6.07) is 13.3. The maximum Gasteiger partial charge on any atom is 0.272 e. The molecule has 1 saturated heterocycles. The Hall–Kier alpha value is -3.35. The van der Waals surface area contributed by atoms with Crippen molar-refractivity contribution in [1.82, 2.24) is 20.2 Å². The van der Waals surface area contributed by atoms with Gasteiger partial charge in [-0.3, -0.25) is 14.6 Å². The molecule has 0 spiro atoms. The number of fused-ring (bicyclic) bond motifs is 1. The molecular weight excluding hydrogens is 359 g/mol. The Morgan fingerprint density at radius 1 is 1.18 bits per heavy atom. The second-order valence-electron chi connectivity index (χ2n) is 6.82. The molecule has 28 heavy (non-hydrogen) atoms. The highest BCUT2D eigenvalue weighted by molar-refractivity contribution is 5.95. The van der Waals surface area contributed by atoms with Gasteiger partial charge >= 0.3 is 0 Å². The summed E-state index contributed by atoms with van der Waals surface area (Å²) in [5, 5.41) is 3.52. The molecule has 1 N–H and O–H groups in total. The summed E-state index contributed by atoms with van der Waals surface area (Å²) in [5.74, 6) is -0.801. The third-order valence-corrected chi connectivity index (χ3v) is 4.78. The molecule has 4 rings (SSSR count). The van der Waals surface area contributed by atoms with Crippen LogP contribution in [0.2, 0.25) is 0 Å². The molecule has 1 aliphatic heterocycles. The number of aromatic nitrogens is 2. The molecule has 0 radical (unpaired) electrons. The van der Waals surface area contributed by atoms with E-state index in [2.05, 4.69) is 15.3 Å². The number of amides is 2. The van der Waals surface area contributed by atoms with Crippen molar-refractivity contribution in [2.75, 3.05) is 6.54 Å². The van der Waals surface area contributed by atoms with Gasteiger partial charge in [0, 0.05) is 30.6 Å². The number of nitrogens with zero attached hydrogens (tertiary/aromatic N) is 3. The number of pyridine rings is 2. The summed E-state index contributed by atoms with van der Waals surface area (Å²) in [6.07, 6.45) is 2.79. The Labute approximate surface area is 161 Å². The molecule has 6 nitrogen and oxygen atoms in total. The average Bonchev–Trinajstić information content (AvgIpc) is 3.12. The zero-order valence-electron chi connectivity index (χ0n) is 15.1. The van der Waals surface area contributed by atoms with Crippen LogP contribution in [0.25, 0.3) is 10.9 Å². The van der Waals surface area contributed by atoms with Gasteiger partial charge in [0.25, 0.3) is 5.91 Å². The fraction of sp³-hybridized carbons (Fsp3) is 0.238. The molecular formula is C21H19FN4O2. The molecule has 1 aromatic carbocycles. The minimum atomic E-state index is -0.466. The van der Waals surface area contributed by atoms with Gasteiger partial charge in [0.15, 0.2) is 0 Å². The van der Waals surface area contributed by atoms with Crippen molar-refractivity contribution in [2.24, 2.45) is 0 Å². The molecule has 1 aliphatic rings. The quantitative estimate of drug-likeness (QED) is 0.741. The Morgan fingerprint density at radius 3 is 2.82 bits per heavy atom. The van der Waals surface area contributed by atoms with E-state index in [1.165, 1.54) is 6.07 Å². The fourth-order valence-electron chi connectivity index (χ4n) is 3.38. The van der Waals surface area contributed by atoms with Crippen molar-refractivity contribution in [3.05, 3.63) is 71.9 Å². The van der Waals surface area contributed by atoms with E-state index >= 15 is 0 Å². The second kappa shape index (κ2) is 7.72. The fourth-order valence-corrected chi connectivity index (χ4v) is 3.38. The Morgan fingerprint density at radius 2 is 2.07 bits per heavy atom. The number of nitrogens with one attached hydrogen (secondary N) is 1. The number of hydrogen-bond donors (Lipinski definition) is 1. The van der Waals surface area contributed by atoms with Gasteiger partial charge in [-0.15, -0.1) is 0 Å². The third kappa shape index (κ3) is 3.83. The van der Waals surface area contributed by atoms with E-state index in [1.807, 2.05) is 12.1 Å². The first kappa shape index (κ1) is 18.0. The number of carbonyl (C=O) groups excluding carboxylic acids is 2. The zero-order chi connectivity index (χ0) is 19.5. The largest absolute Gasteiger partial charge is 0.352 e. The van der Waals surface area contributed by atoms with Crippen LogP contribution in [0, 0.1) is 5.82 Å². The molecule has 2 amide bonds. The molecule has 1 fully saturated rings. The highest BCUT2D eigenvalue weighted by Crippen LogP contribution is 2.18. The molecule has 3 aromatic rings. The van der Waals surface area contributed by atoms with Crippen LogP contribution in [0.15, 0.2) is 54.7 Å². The molecule has 1 unspecified atom stereocenters. The van der Waals surface area contributed by atoms with E-state index in [4.69, 9.17) is 0 Å². The summed E-state index contributed by atoms with van der Waals surface area (Å²) in [4.78, 5) is 34.9. The topological polar surface area (TPSA) is 75.2 Å². The number of para-hydroxylation sites is 1. The zero-order valence-corrected chi connectivity index (χ0v) is 15.1. The molecule has 142 valence electrons. The number of benzene rings is 1. The predicted molar refractivity (Wildman–Crippen MR) is 102 cm³/mol. The lowest BCUT2D eigenvalue weighted by atomic mass is 10.1. The maximum atomic E-state index is 14.1. The molecule has 0 bridgehead atoms. The van der Waals surface area contributed by atoms with E-state index in [9.17, 15) is 14.0 Å². The summed E-state index contributed by atoms with van der Waals surface area (Å²) >= 11 is 0. The van der Waals surface area contributed by atoms with Crippen LogP contribution in [0.3, 0.4) is 0 Å². The monoisotopic (exact) mass is 378 g/mol. The lowest BCUT2D eigenvalue weighted by Gasteiger charge is -2.25. The average molecular weight is 378 g/mol. The van der Waals surface area contributed by atoms with Gasteiger partial charge in [-0.05, 0) is 30.7 Å². The summed E-state index contributed by atoms with van der Waals surface area (Å²) in [7, 11) is 0. The predicted octanol–water partition coefficient (Wildman–Crippen LogP) is 2.69. The normalized spacial score (nSPS) is 16.2. The van der Waals surface area contributed by atoms with Gasteiger partial charge in [-0.1, -0.05) is 24.3 Å². The van der Waals surface area contributed by atoms with Gasteiger partial charge in [-0.2, -0.15) is 0 Å². The maximum absolute atomic E-state index is 14.1. The van der Waals surface area contributed by atoms with Crippen LogP contribution >= 0.6 is 0 Å². The standard InChI is InChI=1S/C21H19FN4O2/c22-17-6-3-4-14-7-9-18(25-20(14)17)21(28)26(12-15-5-1-2-11-23-15)13-16-8-10-19(27)24-16/h1-7,9,11,16H,8,10,12-13H2,(H,24,27). The van der Waals surface area contributed by atoms with Crippen LogP contribution in [-0.4, -0.2) is 39.3 Å². The SMILES string of the molecule is O=C1CCC(CN(Cc2ccccn2)C(=O)c2ccc3cccc(F)c3n2)N1. The van der Waals surface area contributed by atoms with Crippen molar-refractivity contribution in [1.29, 1.82) is 0 Å². The minimum Gasteiger partial charge on any atom is -0.352 e. The van der Waals surface area contributed by atoms with Crippen molar-refractivity contribution in [3.8, 4) is 0 Å². The van der Waals surface area contributed by atoms with Gasteiger partial charge in [0.05, 0.1) is 12.2 Å². The number of carbonyl (C=O) groups is 2. The number of hydrogen-bond acceptors (Lipinski definition) is 4. The van der Waals surface area contributed by atoms with Crippen LogP contribution < -0.4 is 5.32 Å². The van der Waals surface area contributed by atoms with E-state index in [0.29, 0.717) is 24.8 Å². The van der Waals surface area contributed by atoms with E-state index < -0.39 is 5.82 Å². The number of rotatable bonds is 5.